The lowest BCUT2D eigenvalue weighted by Crippen LogP contribution is -2.42. The molecule has 0 saturated carbocycles. The summed E-state index contributed by atoms with van der Waals surface area (Å²) in [7, 11) is 0. The van der Waals surface area contributed by atoms with E-state index in [0.717, 1.165) is 22.5 Å². The Morgan fingerprint density at radius 1 is 1.29 bits per heavy atom. The number of carbonyl (C=O) groups excluding carboxylic acids is 1. The predicted molar refractivity (Wildman–Crippen MR) is 116 cm³/mol. The normalized spacial score (nSPS) is 20.4. The molecule has 1 atom stereocenters. The molecule has 1 N–H and O–H groups in total. The highest BCUT2D eigenvalue weighted by Crippen LogP contribution is 2.45. The highest BCUT2D eigenvalue weighted by molar-refractivity contribution is 9.10. The Bertz CT molecular complexity index is 909. The maximum Gasteiger partial charge on any atom is 0.255 e. The van der Waals surface area contributed by atoms with E-state index in [2.05, 4.69) is 52.1 Å². The summed E-state index contributed by atoms with van der Waals surface area (Å²) in [6.07, 6.45) is 2.45. The summed E-state index contributed by atoms with van der Waals surface area (Å²) in [6.45, 7) is 9.44. The number of amides is 1. The van der Waals surface area contributed by atoms with Crippen LogP contribution in [0, 0.1) is 0 Å². The van der Waals surface area contributed by atoms with Gasteiger partial charge in [-0.2, -0.15) is 0 Å². The van der Waals surface area contributed by atoms with Crippen LogP contribution in [-0.2, 0) is 5.41 Å². The zero-order valence-electron chi connectivity index (χ0n) is 16.7. The second-order valence-electron chi connectivity index (χ2n) is 8.35. The number of rotatable bonds is 4. The summed E-state index contributed by atoms with van der Waals surface area (Å²) in [5.41, 5.74) is 4.39. The average Bonchev–Trinajstić information content (AvgIpc) is 3.11. The Morgan fingerprint density at radius 3 is 2.86 bits per heavy atom. The van der Waals surface area contributed by atoms with Crippen LogP contribution >= 0.6 is 15.9 Å². The van der Waals surface area contributed by atoms with E-state index in [9.17, 15) is 4.79 Å². The molecule has 2 aliphatic heterocycles. The summed E-state index contributed by atoms with van der Waals surface area (Å²) in [5, 5.41) is 3.08. The second kappa shape index (κ2) is 7.53. The summed E-state index contributed by atoms with van der Waals surface area (Å²) < 4.78 is 6.32. The van der Waals surface area contributed by atoms with E-state index < -0.39 is 0 Å². The number of hydrogen-bond acceptors (Lipinski definition) is 3. The molecule has 148 valence electrons. The van der Waals surface area contributed by atoms with Gasteiger partial charge in [0.2, 0.25) is 0 Å². The van der Waals surface area contributed by atoms with Gasteiger partial charge in [0.15, 0.2) is 0 Å². The zero-order chi connectivity index (χ0) is 19.9. The van der Waals surface area contributed by atoms with Crippen molar-refractivity contribution in [1.82, 2.24) is 4.90 Å². The number of nitrogens with zero attached hydrogens (tertiary/aromatic N) is 1. The van der Waals surface area contributed by atoms with Crippen LogP contribution in [0.2, 0.25) is 0 Å². The van der Waals surface area contributed by atoms with Crippen molar-refractivity contribution in [3.63, 3.8) is 0 Å². The molecule has 0 aromatic heterocycles. The van der Waals surface area contributed by atoms with Crippen molar-refractivity contribution >= 4 is 27.5 Å². The highest BCUT2D eigenvalue weighted by atomic mass is 79.9. The lowest BCUT2D eigenvalue weighted by atomic mass is 9.76. The summed E-state index contributed by atoms with van der Waals surface area (Å²) in [4.78, 5) is 15.4. The third-order valence-electron chi connectivity index (χ3n) is 5.85. The SMILES string of the molecule is CCOc1ccc(C(=O)Nc2ccc3c(c2)C2CCCN2CC3(C)C)cc1Br. The molecule has 1 saturated heterocycles. The van der Waals surface area contributed by atoms with E-state index in [4.69, 9.17) is 4.74 Å². The molecule has 4 nitrogen and oxygen atoms in total. The van der Waals surface area contributed by atoms with E-state index in [1.54, 1.807) is 12.1 Å². The number of halogens is 1. The van der Waals surface area contributed by atoms with Crippen molar-refractivity contribution in [1.29, 1.82) is 0 Å². The van der Waals surface area contributed by atoms with Gasteiger partial charge in [-0.1, -0.05) is 19.9 Å². The third kappa shape index (κ3) is 3.58. The maximum absolute atomic E-state index is 12.8. The molecule has 2 aliphatic rings. The van der Waals surface area contributed by atoms with Crippen LogP contribution in [0.5, 0.6) is 5.75 Å². The van der Waals surface area contributed by atoms with Gasteiger partial charge in [0.05, 0.1) is 11.1 Å². The van der Waals surface area contributed by atoms with Crippen LogP contribution in [0.25, 0.3) is 0 Å². The van der Waals surface area contributed by atoms with E-state index in [0.29, 0.717) is 18.2 Å². The monoisotopic (exact) mass is 442 g/mol. The van der Waals surface area contributed by atoms with E-state index in [1.165, 1.54) is 30.5 Å². The van der Waals surface area contributed by atoms with Gasteiger partial charge in [-0.25, -0.2) is 0 Å². The number of benzene rings is 2. The molecule has 1 fully saturated rings. The highest BCUT2D eigenvalue weighted by Gasteiger charge is 2.39. The Labute approximate surface area is 175 Å². The van der Waals surface area contributed by atoms with E-state index in [-0.39, 0.29) is 11.3 Å². The van der Waals surface area contributed by atoms with Gasteiger partial charge in [-0.3, -0.25) is 9.69 Å². The van der Waals surface area contributed by atoms with Crippen LogP contribution in [0.15, 0.2) is 40.9 Å². The molecule has 28 heavy (non-hydrogen) atoms. The average molecular weight is 443 g/mol. The van der Waals surface area contributed by atoms with Crippen LogP contribution in [-0.4, -0.2) is 30.5 Å². The minimum absolute atomic E-state index is 0.109. The Hall–Kier alpha value is -1.85. The molecule has 0 radical (unpaired) electrons. The van der Waals surface area contributed by atoms with E-state index >= 15 is 0 Å². The Kier molecular flexibility index (Phi) is 5.23. The lowest BCUT2D eigenvalue weighted by molar-refractivity contribution is 0.102. The standard InChI is InChI=1S/C23H27BrN2O2/c1-4-28-21-10-7-15(12-19(21)24)22(27)25-16-8-9-18-17(13-16)20-6-5-11-26(20)14-23(18,2)3/h7-10,12-13,20H,4-6,11,14H2,1-3H3,(H,25,27). The van der Waals surface area contributed by atoms with Gasteiger partial charge in [0.25, 0.3) is 5.91 Å². The molecule has 4 rings (SSSR count). The van der Waals surface area contributed by atoms with Gasteiger partial charge >= 0.3 is 0 Å². The molecule has 1 amide bonds. The number of nitrogens with one attached hydrogen (secondary N) is 1. The molecular formula is C23H27BrN2O2. The molecule has 0 spiro atoms. The van der Waals surface area contributed by atoms with Crippen molar-refractivity contribution in [2.45, 2.75) is 45.1 Å². The van der Waals surface area contributed by atoms with Crippen LogP contribution in [0.4, 0.5) is 5.69 Å². The first-order chi connectivity index (χ1) is 13.4. The molecular weight excluding hydrogens is 416 g/mol. The largest absolute Gasteiger partial charge is 0.493 e. The summed E-state index contributed by atoms with van der Waals surface area (Å²) in [5.74, 6) is 0.637. The number of ether oxygens (including phenoxy) is 1. The van der Waals surface area contributed by atoms with E-state index in [1.807, 2.05) is 19.1 Å². The number of fused-ring (bicyclic) bond motifs is 3. The summed E-state index contributed by atoms with van der Waals surface area (Å²) in [6, 6.07) is 12.3. The maximum atomic E-state index is 12.8. The van der Waals surface area contributed by atoms with Crippen molar-refractivity contribution in [2.24, 2.45) is 0 Å². The van der Waals surface area contributed by atoms with Crippen molar-refractivity contribution < 1.29 is 9.53 Å². The molecule has 2 heterocycles. The fraction of sp³-hybridized carbons (Fsp3) is 0.435. The minimum Gasteiger partial charge on any atom is -0.493 e. The summed E-state index contributed by atoms with van der Waals surface area (Å²) >= 11 is 3.48. The van der Waals surface area contributed by atoms with Gasteiger partial charge in [-0.05, 0) is 83.7 Å². The fourth-order valence-corrected chi connectivity index (χ4v) is 5.10. The lowest BCUT2D eigenvalue weighted by Gasteiger charge is -2.42. The quantitative estimate of drug-likeness (QED) is 0.676. The number of hydrogen-bond donors (Lipinski definition) is 1. The topological polar surface area (TPSA) is 41.6 Å². The zero-order valence-corrected chi connectivity index (χ0v) is 18.3. The number of carbonyl (C=O) groups is 1. The molecule has 2 aromatic carbocycles. The van der Waals surface area contributed by atoms with Gasteiger partial charge in [0, 0.05) is 29.3 Å². The smallest absolute Gasteiger partial charge is 0.255 e. The minimum atomic E-state index is -0.109. The van der Waals surface area contributed by atoms with Crippen LogP contribution < -0.4 is 10.1 Å². The number of anilines is 1. The molecule has 1 unspecified atom stereocenters. The first-order valence-electron chi connectivity index (χ1n) is 10.0. The second-order valence-corrected chi connectivity index (χ2v) is 9.20. The van der Waals surface area contributed by atoms with Gasteiger partial charge < -0.3 is 10.1 Å². The Morgan fingerprint density at radius 2 is 2.11 bits per heavy atom. The van der Waals surface area contributed by atoms with Crippen LogP contribution in [0.3, 0.4) is 0 Å². The first-order valence-corrected chi connectivity index (χ1v) is 10.8. The first kappa shape index (κ1) is 19.5. The van der Waals surface area contributed by atoms with Crippen molar-refractivity contribution in [2.75, 3.05) is 25.0 Å². The van der Waals surface area contributed by atoms with Crippen LogP contribution in [0.1, 0.15) is 61.1 Å². The van der Waals surface area contributed by atoms with Gasteiger partial charge in [-0.15, -0.1) is 0 Å². The fourth-order valence-electron chi connectivity index (χ4n) is 4.61. The van der Waals surface area contributed by atoms with Crippen molar-refractivity contribution in [3.8, 4) is 5.75 Å². The molecule has 0 aliphatic carbocycles. The van der Waals surface area contributed by atoms with Gasteiger partial charge in [0.1, 0.15) is 5.75 Å². The third-order valence-corrected chi connectivity index (χ3v) is 6.47. The molecule has 5 heteroatoms. The molecule has 0 bridgehead atoms. The van der Waals surface area contributed by atoms with Crippen molar-refractivity contribution in [3.05, 3.63) is 57.6 Å². The Balaban J connectivity index is 1.58. The predicted octanol–water partition coefficient (Wildman–Crippen LogP) is 5.53. The molecule has 2 aromatic rings.